The van der Waals surface area contributed by atoms with Crippen LogP contribution >= 0.6 is 11.8 Å². The van der Waals surface area contributed by atoms with Gasteiger partial charge >= 0.3 is 0 Å². The molecule has 35 heavy (non-hydrogen) atoms. The number of carbonyl (C=O) groups is 3. The average molecular weight is 489 g/mol. The van der Waals surface area contributed by atoms with Crippen LogP contribution in [-0.2, 0) is 20.8 Å². The van der Waals surface area contributed by atoms with Crippen molar-refractivity contribution in [2.45, 2.75) is 42.8 Å². The van der Waals surface area contributed by atoms with Crippen LogP contribution in [0.3, 0.4) is 0 Å². The van der Waals surface area contributed by atoms with Crippen molar-refractivity contribution in [2.75, 3.05) is 16.8 Å². The first-order valence-electron chi connectivity index (χ1n) is 11.7. The van der Waals surface area contributed by atoms with Crippen LogP contribution < -0.4 is 15.0 Å². The molecule has 4 rings (SSSR count). The van der Waals surface area contributed by atoms with Gasteiger partial charge in [-0.1, -0.05) is 43.7 Å². The number of unbranched alkanes of at least 4 members (excludes halogenated alkanes) is 1. The predicted molar refractivity (Wildman–Crippen MR) is 139 cm³/mol. The Morgan fingerprint density at radius 2 is 1.71 bits per heavy atom. The Morgan fingerprint density at radius 3 is 2.40 bits per heavy atom. The molecule has 1 aliphatic heterocycles. The van der Waals surface area contributed by atoms with Gasteiger partial charge < -0.3 is 10.1 Å². The summed E-state index contributed by atoms with van der Waals surface area (Å²) in [6, 6.07) is 23.9. The third kappa shape index (κ3) is 6.51. The summed E-state index contributed by atoms with van der Waals surface area (Å²) < 4.78 is 5.66. The van der Waals surface area contributed by atoms with E-state index in [0.717, 1.165) is 29.1 Å². The summed E-state index contributed by atoms with van der Waals surface area (Å²) in [6.45, 7) is 2.75. The van der Waals surface area contributed by atoms with Gasteiger partial charge in [0.15, 0.2) is 0 Å². The zero-order valence-corrected chi connectivity index (χ0v) is 20.4. The van der Waals surface area contributed by atoms with E-state index in [1.807, 2.05) is 54.6 Å². The summed E-state index contributed by atoms with van der Waals surface area (Å²) in [4.78, 5) is 40.0. The monoisotopic (exact) mass is 488 g/mol. The Hall–Kier alpha value is -3.58. The van der Waals surface area contributed by atoms with E-state index in [9.17, 15) is 14.4 Å². The summed E-state index contributed by atoms with van der Waals surface area (Å²) in [6.07, 6.45) is 2.48. The molecule has 1 aliphatic rings. The van der Waals surface area contributed by atoms with Crippen LogP contribution in [0.1, 0.15) is 31.7 Å². The van der Waals surface area contributed by atoms with Gasteiger partial charge in [-0.15, -0.1) is 11.8 Å². The molecule has 1 fully saturated rings. The number of nitrogens with zero attached hydrogens (tertiary/aromatic N) is 1. The molecule has 1 N–H and O–H groups in total. The van der Waals surface area contributed by atoms with E-state index in [1.54, 1.807) is 24.3 Å². The predicted octanol–water partition coefficient (Wildman–Crippen LogP) is 5.47. The van der Waals surface area contributed by atoms with Crippen LogP contribution in [-0.4, -0.2) is 29.6 Å². The zero-order chi connectivity index (χ0) is 24.6. The Labute approximate surface area is 209 Å². The second kappa shape index (κ2) is 11.7. The lowest BCUT2D eigenvalue weighted by Gasteiger charge is -2.16. The molecular formula is C28H28N2O4S. The van der Waals surface area contributed by atoms with Gasteiger partial charge in [0.05, 0.1) is 24.0 Å². The van der Waals surface area contributed by atoms with E-state index < -0.39 is 5.25 Å². The standard InChI is InChI=1S/C28H28N2O4S/c1-2-3-17-34-23-13-11-22(12-14-23)30-27(32)19-25(28(30)33)35-24-15-9-21(10-16-24)29-26(31)18-20-7-5-4-6-8-20/h4-16,25H,2-3,17-19H2,1H3,(H,29,31). The smallest absolute Gasteiger partial charge is 0.247 e. The van der Waals surface area contributed by atoms with Gasteiger partial charge in [0.25, 0.3) is 0 Å². The minimum Gasteiger partial charge on any atom is -0.494 e. The topological polar surface area (TPSA) is 75.7 Å². The van der Waals surface area contributed by atoms with Crippen LogP contribution in [0.4, 0.5) is 11.4 Å². The molecule has 0 aromatic heterocycles. The molecule has 3 amide bonds. The lowest BCUT2D eigenvalue weighted by atomic mass is 10.1. The van der Waals surface area contributed by atoms with Gasteiger partial charge in [-0.3, -0.25) is 14.4 Å². The van der Waals surface area contributed by atoms with Crippen molar-refractivity contribution in [3.05, 3.63) is 84.4 Å². The fourth-order valence-electron chi connectivity index (χ4n) is 3.76. The van der Waals surface area contributed by atoms with Gasteiger partial charge in [-0.2, -0.15) is 0 Å². The third-order valence-corrected chi connectivity index (χ3v) is 6.79. The molecule has 0 spiro atoms. The van der Waals surface area contributed by atoms with Crippen LogP contribution in [0.15, 0.2) is 83.8 Å². The number of carbonyl (C=O) groups excluding carboxylic acids is 3. The zero-order valence-electron chi connectivity index (χ0n) is 19.6. The molecule has 0 saturated carbocycles. The SMILES string of the molecule is CCCCOc1ccc(N2C(=O)CC(Sc3ccc(NC(=O)Cc4ccccc4)cc3)C2=O)cc1. The maximum atomic E-state index is 13.0. The fraction of sp³-hybridized carbons (Fsp3) is 0.250. The third-order valence-electron chi connectivity index (χ3n) is 5.59. The van der Waals surface area contributed by atoms with E-state index in [2.05, 4.69) is 12.2 Å². The molecule has 0 bridgehead atoms. The van der Waals surface area contributed by atoms with E-state index in [4.69, 9.17) is 4.74 Å². The van der Waals surface area contributed by atoms with Gasteiger partial charge in [-0.05, 0) is 60.5 Å². The van der Waals surface area contributed by atoms with E-state index in [0.29, 0.717) is 24.4 Å². The normalized spacial score (nSPS) is 15.3. The lowest BCUT2D eigenvalue weighted by molar-refractivity contribution is -0.121. The van der Waals surface area contributed by atoms with Crippen molar-refractivity contribution >= 4 is 40.9 Å². The van der Waals surface area contributed by atoms with Crippen LogP contribution in [0.25, 0.3) is 0 Å². The van der Waals surface area contributed by atoms with E-state index >= 15 is 0 Å². The summed E-state index contributed by atoms with van der Waals surface area (Å²) in [7, 11) is 0. The lowest BCUT2D eigenvalue weighted by Crippen LogP contribution is -2.31. The van der Waals surface area contributed by atoms with E-state index in [1.165, 1.54) is 16.7 Å². The van der Waals surface area contributed by atoms with Crippen molar-refractivity contribution in [1.82, 2.24) is 0 Å². The highest BCUT2D eigenvalue weighted by Crippen LogP contribution is 2.35. The van der Waals surface area contributed by atoms with Crippen molar-refractivity contribution in [2.24, 2.45) is 0 Å². The molecule has 1 saturated heterocycles. The molecule has 1 unspecified atom stereocenters. The average Bonchev–Trinajstić information content (AvgIpc) is 3.14. The quantitative estimate of drug-likeness (QED) is 0.303. The minimum atomic E-state index is -0.485. The molecule has 3 aromatic carbocycles. The first-order valence-corrected chi connectivity index (χ1v) is 12.6. The number of hydrogen-bond acceptors (Lipinski definition) is 5. The first-order chi connectivity index (χ1) is 17.0. The highest BCUT2D eigenvalue weighted by molar-refractivity contribution is 8.00. The van der Waals surface area contributed by atoms with Crippen LogP contribution in [0.5, 0.6) is 5.75 Å². The van der Waals surface area contributed by atoms with Crippen LogP contribution in [0, 0.1) is 0 Å². The van der Waals surface area contributed by atoms with Gasteiger partial charge in [0, 0.05) is 17.0 Å². The number of benzene rings is 3. The molecule has 0 aliphatic carbocycles. The molecule has 1 atom stereocenters. The minimum absolute atomic E-state index is 0.0920. The van der Waals surface area contributed by atoms with Crippen molar-refractivity contribution < 1.29 is 19.1 Å². The summed E-state index contributed by atoms with van der Waals surface area (Å²) in [5, 5.41) is 2.40. The van der Waals surface area contributed by atoms with Gasteiger partial charge in [0.2, 0.25) is 17.7 Å². The number of amides is 3. The molecule has 180 valence electrons. The first kappa shape index (κ1) is 24.5. The fourth-order valence-corrected chi connectivity index (χ4v) is 4.81. The van der Waals surface area contributed by atoms with Crippen molar-refractivity contribution in [3.63, 3.8) is 0 Å². The summed E-state index contributed by atoms with van der Waals surface area (Å²) in [5.74, 6) is 0.200. The number of imide groups is 1. The number of nitrogens with one attached hydrogen (secondary N) is 1. The maximum absolute atomic E-state index is 13.0. The second-order valence-corrected chi connectivity index (χ2v) is 9.58. The summed E-state index contributed by atoms with van der Waals surface area (Å²) in [5.41, 5.74) is 2.19. The Morgan fingerprint density at radius 1 is 1.00 bits per heavy atom. The molecule has 3 aromatic rings. The number of rotatable bonds is 10. The van der Waals surface area contributed by atoms with Gasteiger partial charge in [0.1, 0.15) is 5.75 Å². The largest absolute Gasteiger partial charge is 0.494 e. The molecule has 0 radical (unpaired) electrons. The van der Waals surface area contributed by atoms with Crippen molar-refractivity contribution in [3.8, 4) is 5.75 Å². The van der Waals surface area contributed by atoms with Crippen molar-refractivity contribution in [1.29, 1.82) is 0 Å². The second-order valence-electron chi connectivity index (χ2n) is 8.31. The van der Waals surface area contributed by atoms with Gasteiger partial charge in [-0.25, -0.2) is 4.90 Å². The van der Waals surface area contributed by atoms with Crippen LogP contribution in [0.2, 0.25) is 0 Å². The molecule has 7 heteroatoms. The maximum Gasteiger partial charge on any atom is 0.247 e. The highest BCUT2D eigenvalue weighted by atomic mass is 32.2. The molecule has 1 heterocycles. The number of hydrogen-bond donors (Lipinski definition) is 1. The number of ether oxygens (including phenoxy) is 1. The molecular weight excluding hydrogens is 460 g/mol. The number of thioether (sulfide) groups is 1. The van der Waals surface area contributed by atoms with E-state index in [-0.39, 0.29) is 24.1 Å². The Balaban J connectivity index is 1.32. The Kier molecular flexibility index (Phi) is 8.21. The molecule has 6 nitrogen and oxygen atoms in total. The Bertz CT molecular complexity index is 1160. The highest BCUT2D eigenvalue weighted by Gasteiger charge is 2.40. The summed E-state index contributed by atoms with van der Waals surface area (Å²) >= 11 is 1.36. The number of anilines is 2.